The lowest BCUT2D eigenvalue weighted by Gasteiger charge is -2.10. The Kier molecular flexibility index (Phi) is 4.55. The van der Waals surface area contributed by atoms with Crippen molar-refractivity contribution in [2.24, 2.45) is 0 Å². The first-order valence-electron chi connectivity index (χ1n) is 8.42. The van der Waals surface area contributed by atoms with Crippen molar-refractivity contribution in [2.45, 2.75) is 6.42 Å². The normalized spacial score (nSPS) is 15.9. The minimum atomic E-state index is 0.290. The van der Waals surface area contributed by atoms with Crippen LogP contribution in [0.1, 0.15) is 11.1 Å². The monoisotopic (exact) mass is 369 g/mol. The van der Waals surface area contributed by atoms with Crippen molar-refractivity contribution < 1.29 is 18.9 Å². The molecule has 0 N–H and O–H groups in total. The van der Waals surface area contributed by atoms with Crippen LogP contribution in [0.5, 0.6) is 23.0 Å². The third kappa shape index (κ3) is 2.92. The van der Waals surface area contributed by atoms with E-state index in [1.54, 1.807) is 14.2 Å². The van der Waals surface area contributed by atoms with Crippen LogP contribution >= 0.6 is 0 Å². The molecule has 0 aromatic heterocycles. The van der Waals surface area contributed by atoms with Crippen LogP contribution in [-0.2, 0) is 18.2 Å². The topological polar surface area (TPSA) is 36.9 Å². The molecule has 0 aliphatic carbocycles. The van der Waals surface area contributed by atoms with Crippen molar-refractivity contribution in [3.05, 3.63) is 51.2 Å². The minimum Gasteiger partial charge on any atom is -0.493 e. The molecule has 2 aromatic carbocycles. The maximum Gasteiger partial charge on any atom is 0.231 e. The maximum atomic E-state index is 5.58. The van der Waals surface area contributed by atoms with Gasteiger partial charge in [-0.15, -0.1) is 0 Å². The Morgan fingerprint density at radius 1 is 1.12 bits per heavy atom. The molecule has 4 rings (SSSR count). The molecule has 0 amide bonds. The van der Waals surface area contributed by atoms with E-state index in [0.29, 0.717) is 11.5 Å². The molecule has 0 spiro atoms. The molecule has 2 aliphatic heterocycles. The van der Waals surface area contributed by atoms with E-state index in [0.717, 1.165) is 39.7 Å². The van der Waals surface area contributed by atoms with Gasteiger partial charge in [0.25, 0.3) is 0 Å². The lowest BCUT2D eigenvalue weighted by molar-refractivity contribution is 0.174. The highest BCUT2D eigenvalue weighted by atomic mass is 32.2. The summed E-state index contributed by atoms with van der Waals surface area (Å²) in [7, 11) is 3.27. The number of fused-ring (bicyclic) bond motifs is 2. The molecule has 0 saturated carbocycles. The van der Waals surface area contributed by atoms with Crippen molar-refractivity contribution in [3.63, 3.8) is 0 Å². The summed E-state index contributed by atoms with van der Waals surface area (Å²) in [6, 6.07) is 8.12. The summed E-state index contributed by atoms with van der Waals surface area (Å²) in [5, 5.41) is 4.08. The number of benzene rings is 2. The number of thiol groups is 1. The average molecular weight is 369 g/mol. The van der Waals surface area contributed by atoms with E-state index in [1.807, 2.05) is 12.1 Å². The van der Waals surface area contributed by atoms with Gasteiger partial charge < -0.3 is 18.9 Å². The van der Waals surface area contributed by atoms with Gasteiger partial charge >= 0.3 is 0 Å². The van der Waals surface area contributed by atoms with Crippen LogP contribution in [0.15, 0.2) is 29.7 Å². The molecule has 0 unspecified atom stereocenters. The van der Waals surface area contributed by atoms with E-state index >= 15 is 0 Å². The van der Waals surface area contributed by atoms with Crippen LogP contribution in [0.4, 0.5) is 0 Å². The van der Waals surface area contributed by atoms with Crippen LogP contribution in [0.25, 0.3) is 18.2 Å². The molecule has 0 atom stereocenters. The Hall–Kier alpha value is -2.53. The highest BCUT2D eigenvalue weighted by Crippen LogP contribution is 2.38. The summed E-state index contributed by atoms with van der Waals surface area (Å²) in [4.78, 5) is 0. The summed E-state index contributed by atoms with van der Waals surface area (Å²) >= 11 is 1.29. The van der Waals surface area contributed by atoms with Gasteiger partial charge in [0, 0.05) is 29.0 Å². The largest absolute Gasteiger partial charge is 0.493 e. The number of ether oxygens (including phenoxy) is 4. The average Bonchev–Trinajstić information content (AvgIpc) is 3.03. The Morgan fingerprint density at radius 3 is 2.69 bits per heavy atom. The number of aryl methyl sites for hydroxylation is 1. The van der Waals surface area contributed by atoms with Gasteiger partial charge in [0.1, 0.15) is 11.2 Å². The second kappa shape index (κ2) is 7.00. The van der Waals surface area contributed by atoms with Crippen molar-refractivity contribution in [2.75, 3.05) is 26.8 Å². The van der Waals surface area contributed by atoms with Crippen LogP contribution in [0, 0.1) is 0 Å². The van der Waals surface area contributed by atoms with E-state index in [2.05, 4.69) is 30.2 Å². The summed E-state index contributed by atoms with van der Waals surface area (Å²) in [5.74, 6) is 4.09. The minimum absolute atomic E-state index is 0.290. The molecular weight excluding hydrogens is 348 g/mol. The molecule has 2 aliphatic rings. The zero-order valence-corrected chi connectivity index (χ0v) is 15.8. The predicted octanol–water partition coefficient (Wildman–Crippen LogP) is 2.04. The van der Waals surface area contributed by atoms with E-state index in [4.69, 9.17) is 18.9 Å². The standard InChI is InChI=1S/C21H20O4S/c1-13-14(4-5-18(22-2)21(13)23-3)8-16-11-26-7-6-15-9-19-20(10-17(15)16)25-12-24-19/h4-5,8-11H,1,6-7,12H2,2-3H3/p+1/b14-8-. The van der Waals surface area contributed by atoms with Gasteiger partial charge in [-0.05, 0) is 40.6 Å². The molecule has 2 aromatic rings. The second-order valence-electron chi connectivity index (χ2n) is 6.12. The zero-order valence-electron chi connectivity index (χ0n) is 14.9. The van der Waals surface area contributed by atoms with Crippen molar-refractivity contribution in [3.8, 4) is 23.0 Å². The highest BCUT2D eigenvalue weighted by molar-refractivity contribution is 7.81. The summed E-state index contributed by atoms with van der Waals surface area (Å²) in [6.45, 7) is 4.48. The molecular formula is C21H21O4S+. The smallest absolute Gasteiger partial charge is 0.231 e. The number of rotatable bonds is 3. The molecule has 134 valence electrons. The van der Waals surface area contributed by atoms with Gasteiger partial charge in [-0.1, -0.05) is 12.6 Å². The van der Waals surface area contributed by atoms with Crippen molar-refractivity contribution in [1.29, 1.82) is 0 Å². The fraction of sp³-hybridized carbons (Fsp3) is 0.238. The molecule has 0 bridgehead atoms. The molecule has 5 heteroatoms. The predicted molar refractivity (Wildman–Crippen MR) is 107 cm³/mol. The van der Waals surface area contributed by atoms with E-state index < -0.39 is 0 Å². The molecule has 0 saturated heterocycles. The SMILES string of the molecule is C=c1c(OC)c(OC)cc/c1=C/C1=C[SH+]CCc2cc3c(cc21)OCO3. The Morgan fingerprint density at radius 2 is 1.92 bits per heavy atom. The highest BCUT2D eigenvalue weighted by Gasteiger charge is 2.21. The fourth-order valence-electron chi connectivity index (χ4n) is 3.30. The summed E-state index contributed by atoms with van der Waals surface area (Å²) < 4.78 is 22.0. The molecule has 4 nitrogen and oxygen atoms in total. The molecule has 0 radical (unpaired) electrons. The van der Waals surface area contributed by atoms with Crippen molar-refractivity contribution >= 4 is 30.0 Å². The third-order valence-corrected chi connectivity index (χ3v) is 5.59. The van der Waals surface area contributed by atoms with Gasteiger partial charge in [-0.2, -0.15) is 0 Å². The fourth-order valence-corrected chi connectivity index (χ4v) is 4.21. The lowest BCUT2D eigenvalue weighted by atomic mass is 9.97. The van der Waals surface area contributed by atoms with Crippen molar-refractivity contribution in [1.82, 2.24) is 0 Å². The maximum absolute atomic E-state index is 5.58. The molecule has 0 fully saturated rings. The summed E-state index contributed by atoms with van der Waals surface area (Å²) in [5.41, 5.74) is 3.64. The molecule has 2 heterocycles. The first kappa shape index (κ1) is 16.9. The first-order valence-corrected chi connectivity index (χ1v) is 9.57. The Balaban J connectivity index is 1.86. The van der Waals surface area contributed by atoms with Crippen LogP contribution in [0.2, 0.25) is 0 Å². The van der Waals surface area contributed by atoms with Gasteiger partial charge in [-0.25, -0.2) is 0 Å². The van der Waals surface area contributed by atoms with Gasteiger partial charge in [0.2, 0.25) is 6.79 Å². The second-order valence-corrected chi connectivity index (χ2v) is 7.19. The van der Waals surface area contributed by atoms with Crippen LogP contribution < -0.4 is 29.4 Å². The van der Waals surface area contributed by atoms with Gasteiger partial charge in [0.15, 0.2) is 23.0 Å². The van der Waals surface area contributed by atoms with Crippen LogP contribution in [0.3, 0.4) is 0 Å². The third-order valence-electron chi connectivity index (χ3n) is 4.65. The van der Waals surface area contributed by atoms with Gasteiger partial charge in [-0.3, -0.25) is 0 Å². The number of methoxy groups -OCH3 is 2. The lowest BCUT2D eigenvalue weighted by Crippen LogP contribution is -2.25. The number of hydrogen-bond acceptors (Lipinski definition) is 4. The molecule has 26 heavy (non-hydrogen) atoms. The zero-order chi connectivity index (χ0) is 18.1. The number of allylic oxidation sites excluding steroid dienone is 1. The van der Waals surface area contributed by atoms with E-state index in [1.165, 1.54) is 22.9 Å². The Labute approximate surface area is 156 Å². The van der Waals surface area contributed by atoms with E-state index in [-0.39, 0.29) is 6.79 Å². The summed E-state index contributed by atoms with van der Waals surface area (Å²) in [6.07, 6.45) is 3.17. The quantitative estimate of drug-likeness (QED) is 0.613. The van der Waals surface area contributed by atoms with Crippen LogP contribution in [-0.4, -0.2) is 26.8 Å². The number of hydrogen-bond donors (Lipinski definition) is 0. The Bertz CT molecular complexity index is 994. The van der Waals surface area contributed by atoms with Gasteiger partial charge in [0.05, 0.1) is 14.2 Å². The van der Waals surface area contributed by atoms with E-state index in [9.17, 15) is 0 Å². The first-order chi connectivity index (χ1) is 12.7.